The summed E-state index contributed by atoms with van der Waals surface area (Å²) in [6.07, 6.45) is 6.22. The first kappa shape index (κ1) is 14.3. The van der Waals surface area contributed by atoms with Crippen LogP contribution in [0.5, 0.6) is 0 Å². The molecule has 0 aromatic carbocycles. The molecular weight excluding hydrogens is 266 g/mol. The van der Waals surface area contributed by atoms with Gasteiger partial charge in [0, 0.05) is 23.7 Å². The number of nitrogens with one attached hydrogen (secondary N) is 1. The standard InChI is InChI=1S/C16H23N3O2/c1-10-11(2)17-14(18-15(10)20)13-8-5-9-19(13)16(21)12-6-3-4-7-12/h12-13H,3-9H2,1-2H3,(H,17,18,20)/t13-/m1/s1. The summed E-state index contributed by atoms with van der Waals surface area (Å²) >= 11 is 0. The lowest BCUT2D eigenvalue weighted by Gasteiger charge is -2.27. The van der Waals surface area contributed by atoms with Crippen molar-refractivity contribution in [1.82, 2.24) is 14.9 Å². The SMILES string of the molecule is Cc1nc([C@H]2CCCN2C(=O)C2CCCC2)[nH]c(=O)c1C. The quantitative estimate of drug-likeness (QED) is 0.908. The zero-order valence-electron chi connectivity index (χ0n) is 12.8. The number of carbonyl (C=O) groups is 1. The molecule has 114 valence electrons. The molecule has 2 heterocycles. The van der Waals surface area contributed by atoms with E-state index in [9.17, 15) is 9.59 Å². The van der Waals surface area contributed by atoms with Gasteiger partial charge in [-0.05, 0) is 39.5 Å². The van der Waals surface area contributed by atoms with Crippen LogP contribution in [0.2, 0.25) is 0 Å². The highest BCUT2D eigenvalue weighted by atomic mass is 16.2. The second kappa shape index (κ2) is 5.62. The van der Waals surface area contributed by atoms with E-state index >= 15 is 0 Å². The van der Waals surface area contributed by atoms with Gasteiger partial charge in [0.25, 0.3) is 5.56 Å². The maximum atomic E-state index is 12.7. The van der Waals surface area contributed by atoms with Crippen molar-refractivity contribution in [2.45, 2.75) is 58.4 Å². The number of aromatic amines is 1. The zero-order chi connectivity index (χ0) is 15.0. The number of likely N-dealkylation sites (tertiary alicyclic amines) is 1. The molecular formula is C16H23N3O2. The van der Waals surface area contributed by atoms with Crippen molar-refractivity contribution in [2.24, 2.45) is 5.92 Å². The highest BCUT2D eigenvalue weighted by Crippen LogP contribution is 2.34. The summed E-state index contributed by atoms with van der Waals surface area (Å²) in [5.74, 6) is 1.10. The van der Waals surface area contributed by atoms with Crippen molar-refractivity contribution in [2.75, 3.05) is 6.54 Å². The average molecular weight is 289 g/mol. The third-order valence-electron chi connectivity index (χ3n) is 4.97. The first-order valence-corrected chi connectivity index (χ1v) is 7.96. The van der Waals surface area contributed by atoms with E-state index < -0.39 is 0 Å². The Labute approximate surface area is 124 Å². The van der Waals surface area contributed by atoms with Gasteiger partial charge in [-0.15, -0.1) is 0 Å². The number of carbonyl (C=O) groups excluding carboxylic acids is 1. The minimum Gasteiger partial charge on any atom is -0.332 e. The van der Waals surface area contributed by atoms with E-state index in [2.05, 4.69) is 9.97 Å². The van der Waals surface area contributed by atoms with Crippen LogP contribution in [0.3, 0.4) is 0 Å². The molecule has 21 heavy (non-hydrogen) atoms. The molecule has 0 unspecified atom stereocenters. The number of nitrogens with zero attached hydrogens (tertiary/aromatic N) is 2. The highest BCUT2D eigenvalue weighted by Gasteiger charge is 2.36. The molecule has 1 aromatic heterocycles. The number of aromatic nitrogens is 2. The Morgan fingerprint density at radius 1 is 1.19 bits per heavy atom. The van der Waals surface area contributed by atoms with Gasteiger partial charge in [-0.25, -0.2) is 4.98 Å². The summed E-state index contributed by atoms with van der Waals surface area (Å²) in [7, 11) is 0. The van der Waals surface area contributed by atoms with Gasteiger partial charge in [0.15, 0.2) is 0 Å². The molecule has 1 saturated carbocycles. The topological polar surface area (TPSA) is 66.1 Å². The Kier molecular flexibility index (Phi) is 3.83. The molecule has 1 saturated heterocycles. The van der Waals surface area contributed by atoms with Gasteiger partial charge >= 0.3 is 0 Å². The average Bonchev–Trinajstić information content (AvgIpc) is 3.14. The van der Waals surface area contributed by atoms with Crippen LogP contribution in [0, 0.1) is 19.8 Å². The number of hydrogen-bond donors (Lipinski definition) is 1. The highest BCUT2D eigenvalue weighted by molar-refractivity contribution is 5.79. The van der Waals surface area contributed by atoms with Crippen LogP contribution >= 0.6 is 0 Å². The van der Waals surface area contributed by atoms with Crippen LogP contribution in [0.4, 0.5) is 0 Å². The largest absolute Gasteiger partial charge is 0.332 e. The third kappa shape index (κ3) is 2.61. The van der Waals surface area contributed by atoms with Gasteiger partial charge in [-0.2, -0.15) is 0 Å². The lowest BCUT2D eigenvalue weighted by atomic mass is 10.1. The maximum absolute atomic E-state index is 12.7. The first-order chi connectivity index (χ1) is 10.1. The molecule has 1 amide bonds. The Hall–Kier alpha value is -1.65. The molecule has 1 atom stereocenters. The van der Waals surface area contributed by atoms with E-state index in [0.29, 0.717) is 11.4 Å². The summed E-state index contributed by atoms with van der Waals surface area (Å²) < 4.78 is 0. The van der Waals surface area contributed by atoms with Gasteiger partial charge in [0.2, 0.25) is 5.91 Å². The van der Waals surface area contributed by atoms with E-state index in [1.54, 1.807) is 6.92 Å². The number of H-pyrrole nitrogens is 1. The Morgan fingerprint density at radius 3 is 2.57 bits per heavy atom. The molecule has 0 bridgehead atoms. The fourth-order valence-electron chi connectivity index (χ4n) is 3.55. The zero-order valence-corrected chi connectivity index (χ0v) is 12.8. The van der Waals surface area contributed by atoms with Gasteiger partial charge in [0.05, 0.1) is 6.04 Å². The molecule has 1 aromatic rings. The summed E-state index contributed by atoms with van der Waals surface area (Å²) in [4.78, 5) is 34.0. The number of rotatable bonds is 2. The lowest BCUT2D eigenvalue weighted by molar-refractivity contribution is -0.136. The minimum atomic E-state index is -0.0855. The van der Waals surface area contributed by atoms with Crippen LogP contribution in [0.1, 0.15) is 61.6 Å². The van der Waals surface area contributed by atoms with E-state index in [0.717, 1.165) is 50.8 Å². The second-order valence-electron chi connectivity index (χ2n) is 6.33. The van der Waals surface area contributed by atoms with Crippen molar-refractivity contribution >= 4 is 5.91 Å². The van der Waals surface area contributed by atoms with E-state index in [-0.39, 0.29) is 23.4 Å². The molecule has 2 aliphatic rings. The van der Waals surface area contributed by atoms with Crippen molar-refractivity contribution < 1.29 is 4.79 Å². The van der Waals surface area contributed by atoms with Crippen molar-refractivity contribution in [3.63, 3.8) is 0 Å². The molecule has 0 radical (unpaired) electrons. The molecule has 5 heteroatoms. The van der Waals surface area contributed by atoms with Gasteiger partial charge in [-0.1, -0.05) is 12.8 Å². The second-order valence-corrected chi connectivity index (χ2v) is 6.33. The third-order valence-corrected chi connectivity index (χ3v) is 4.97. The first-order valence-electron chi connectivity index (χ1n) is 7.96. The summed E-state index contributed by atoms with van der Waals surface area (Å²) in [5.41, 5.74) is 1.33. The van der Waals surface area contributed by atoms with Crippen molar-refractivity contribution in [3.05, 3.63) is 27.4 Å². The van der Waals surface area contributed by atoms with E-state index in [1.165, 1.54) is 0 Å². The molecule has 1 aliphatic heterocycles. The van der Waals surface area contributed by atoms with Gasteiger partial charge in [-0.3, -0.25) is 9.59 Å². The van der Waals surface area contributed by atoms with E-state index in [4.69, 9.17) is 0 Å². The molecule has 0 spiro atoms. The monoisotopic (exact) mass is 289 g/mol. The van der Waals surface area contributed by atoms with Crippen molar-refractivity contribution in [3.8, 4) is 0 Å². The lowest BCUT2D eigenvalue weighted by Crippen LogP contribution is -2.36. The summed E-state index contributed by atoms with van der Waals surface area (Å²) in [5, 5.41) is 0. The van der Waals surface area contributed by atoms with E-state index in [1.807, 2.05) is 11.8 Å². The molecule has 5 nitrogen and oxygen atoms in total. The molecule has 2 fully saturated rings. The van der Waals surface area contributed by atoms with Crippen LogP contribution < -0.4 is 5.56 Å². The molecule has 1 aliphatic carbocycles. The Bertz CT molecular complexity index is 602. The minimum absolute atomic E-state index is 0.0508. The number of hydrogen-bond acceptors (Lipinski definition) is 3. The number of aryl methyl sites for hydroxylation is 1. The summed E-state index contributed by atoms with van der Waals surface area (Å²) in [6, 6.07) is -0.0508. The van der Waals surface area contributed by atoms with Crippen LogP contribution in [0.15, 0.2) is 4.79 Å². The van der Waals surface area contributed by atoms with Crippen LogP contribution in [-0.2, 0) is 4.79 Å². The predicted octanol–water partition coefficient (Wildman–Crippen LogP) is 2.24. The smallest absolute Gasteiger partial charge is 0.254 e. The normalized spacial score (nSPS) is 23.0. The molecule has 3 rings (SSSR count). The predicted molar refractivity (Wildman–Crippen MR) is 80.0 cm³/mol. The maximum Gasteiger partial charge on any atom is 0.254 e. The van der Waals surface area contributed by atoms with Crippen molar-refractivity contribution in [1.29, 1.82) is 0 Å². The Morgan fingerprint density at radius 2 is 1.90 bits per heavy atom. The fraction of sp³-hybridized carbons (Fsp3) is 0.688. The summed E-state index contributed by atoms with van der Waals surface area (Å²) in [6.45, 7) is 4.42. The van der Waals surface area contributed by atoms with Crippen LogP contribution in [0.25, 0.3) is 0 Å². The van der Waals surface area contributed by atoms with Crippen LogP contribution in [-0.4, -0.2) is 27.3 Å². The Balaban J connectivity index is 1.87. The fourth-order valence-corrected chi connectivity index (χ4v) is 3.55. The number of amides is 1. The van der Waals surface area contributed by atoms with Gasteiger partial charge < -0.3 is 9.88 Å². The van der Waals surface area contributed by atoms with Gasteiger partial charge in [0.1, 0.15) is 5.82 Å². The molecule has 1 N–H and O–H groups in total.